The number of carbonyl (C=O) groups excluding carboxylic acids is 1. The van der Waals surface area contributed by atoms with E-state index >= 15 is 0 Å². The minimum Gasteiger partial charge on any atom is -0.379 e. The number of amides is 1. The number of aromatic nitrogens is 4. The Morgan fingerprint density at radius 2 is 2.32 bits per heavy atom. The Labute approximate surface area is 126 Å². The molecule has 1 saturated heterocycles. The minimum atomic E-state index is -0.0849. The van der Waals surface area contributed by atoms with Crippen molar-refractivity contribution in [1.29, 1.82) is 0 Å². The van der Waals surface area contributed by atoms with Gasteiger partial charge in [0.25, 0.3) is 5.91 Å². The van der Waals surface area contributed by atoms with Gasteiger partial charge in [-0.15, -0.1) is 0 Å². The fourth-order valence-electron chi connectivity index (χ4n) is 3.08. The molecule has 0 radical (unpaired) electrons. The molecule has 0 bridgehead atoms. The van der Waals surface area contributed by atoms with Crippen LogP contribution in [0.2, 0.25) is 0 Å². The largest absolute Gasteiger partial charge is 0.379 e. The molecule has 2 fully saturated rings. The average Bonchev–Trinajstić information content (AvgIpc) is 3.02. The Kier molecular flexibility index (Phi) is 3.18. The zero-order valence-corrected chi connectivity index (χ0v) is 12.2. The molecule has 0 unspecified atom stereocenters. The second-order valence-corrected chi connectivity index (χ2v) is 5.87. The summed E-state index contributed by atoms with van der Waals surface area (Å²) in [6.07, 6.45) is 5.21. The highest BCUT2D eigenvalue weighted by Gasteiger charge is 2.40. The Morgan fingerprint density at radius 3 is 3.00 bits per heavy atom. The number of methoxy groups -OCH3 is 1. The predicted molar refractivity (Wildman–Crippen MR) is 74.3 cm³/mol. The second kappa shape index (κ2) is 5.20. The van der Waals surface area contributed by atoms with Gasteiger partial charge in [-0.25, -0.2) is 0 Å². The van der Waals surface area contributed by atoms with E-state index in [-0.39, 0.29) is 17.9 Å². The zero-order chi connectivity index (χ0) is 15.1. The van der Waals surface area contributed by atoms with Crippen LogP contribution in [0.4, 0.5) is 0 Å². The monoisotopic (exact) mass is 303 g/mol. The number of rotatable bonds is 4. The van der Waals surface area contributed by atoms with Gasteiger partial charge in [-0.1, -0.05) is 5.16 Å². The Hall–Kier alpha value is -2.22. The molecule has 116 valence electrons. The molecule has 4 rings (SSSR count). The van der Waals surface area contributed by atoms with Crippen molar-refractivity contribution in [2.45, 2.75) is 30.8 Å². The third-order valence-electron chi connectivity index (χ3n) is 4.46. The highest BCUT2D eigenvalue weighted by molar-refractivity contribution is 5.95. The summed E-state index contributed by atoms with van der Waals surface area (Å²) in [5.41, 5.74) is 2.19. The van der Waals surface area contributed by atoms with Gasteiger partial charge in [0.1, 0.15) is 11.8 Å². The van der Waals surface area contributed by atoms with Crippen molar-refractivity contribution < 1.29 is 14.1 Å². The Bertz CT molecular complexity index is 664. The van der Waals surface area contributed by atoms with Crippen molar-refractivity contribution in [3.05, 3.63) is 29.4 Å². The Morgan fingerprint density at radius 1 is 1.45 bits per heavy atom. The van der Waals surface area contributed by atoms with Crippen molar-refractivity contribution in [2.75, 3.05) is 20.2 Å². The van der Waals surface area contributed by atoms with Gasteiger partial charge < -0.3 is 14.2 Å². The molecular formula is C14H17N5O3. The molecule has 2 aliphatic rings. The summed E-state index contributed by atoms with van der Waals surface area (Å²) in [6.45, 7) is 1.08. The topological polar surface area (TPSA) is 97.1 Å². The van der Waals surface area contributed by atoms with E-state index in [0.29, 0.717) is 24.6 Å². The SMILES string of the molecule is CO[C@@H]1CN(C(=O)c2conc2C2CC2)C[C@H]1c1cn[nH]n1. The number of H-pyrrole nitrogens is 1. The first-order valence-corrected chi connectivity index (χ1v) is 7.40. The maximum absolute atomic E-state index is 12.8. The molecule has 8 heteroatoms. The molecule has 2 atom stereocenters. The molecule has 0 spiro atoms. The van der Waals surface area contributed by atoms with Crippen LogP contribution in [0.1, 0.15) is 46.4 Å². The summed E-state index contributed by atoms with van der Waals surface area (Å²) in [4.78, 5) is 14.5. The molecule has 1 amide bonds. The molecule has 2 aromatic heterocycles. The van der Waals surface area contributed by atoms with Crippen LogP contribution in [0.3, 0.4) is 0 Å². The van der Waals surface area contributed by atoms with E-state index in [9.17, 15) is 4.79 Å². The van der Waals surface area contributed by atoms with Crippen LogP contribution in [0.5, 0.6) is 0 Å². The number of carbonyl (C=O) groups is 1. The van der Waals surface area contributed by atoms with Gasteiger partial charge in [0, 0.05) is 26.1 Å². The summed E-state index contributed by atoms with van der Waals surface area (Å²) < 4.78 is 10.5. The molecule has 1 saturated carbocycles. The zero-order valence-electron chi connectivity index (χ0n) is 12.2. The molecule has 3 heterocycles. The number of nitrogens with zero attached hydrogens (tertiary/aromatic N) is 4. The lowest BCUT2D eigenvalue weighted by Crippen LogP contribution is -2.30. The third kappa shape index (κ3) is 2.19. The smallest absolute Gasteiger partial charge is 0.259 e. The van der Waals surface area contributed by atoms with Gasteiger partial charge in [0.05, 0.1) is 29.6 Å². The van der Waals surface area contributed by atoms with E-state index in [2.05, 4.69) is 20.6 Å². The number of nitrogens with one attached hydrogen (secondary N) is 1. The first-order valence-electron chi connectivity index (χ1n) is 7.40. The fourth-order valence-corrected chi connectivity index (χ4v) is 3.08. The first kappa shape index (κ1) is 13.4. The molecular weight excluding hydrogens is 286 g/mol. The second-order valence-electron chi connectivity index (χ2n) is 5.87. The molecule has 22 heavy (non-hydrogen) atoms. The van der Waals surface area contributed by atoms with Crippen LogP contribution in [-0.4, -0.2) is 57.7 Å². The van der Waals surface area contributed by atoms with E-state index in [1.165, 1.54) is 6.26 Å². The first-order chi connectivity index (χ1) is 10.8. The minimum absolute atomic E-state index is 0.0249. The van der Waals surface area contributed by atoms with Gasteiger partial charge in [-0.05, 0) is 12.8 Å². The normalized spacial score (nSPS) is 24.9. The van der Waals surface area contributed by atoms with Gasteiger partial charge in [0.15, 0.2) is 0 Å². The standard InChI is InChI=1S/C14H17N5O3/c1-21-12-6-19(5-9(12)11-4-15-18-16-11)14(20)10-7-22-17-13(10)8-2-3-8/h4,7-9,12H,2-3,5-6H2,1H3,(H,15,16,18)/t9-,12+/m0/s1. The molecule has 2 aromatic rings. The predicted octanol–water partition coefficient (Wildman–Crippen LogP) is 0.925. The number of hydrogen-bond acceptors (Lipinski definition) is 6. The van der Waals surface area contributed by atoms with Crippen molar-refractivity contribution in [3.8, 4) is 0 Å². The van der Waals surface area contributed by atoms with Crippen molar-refractivity contribution in [1.82, 2.24) is 25.5 Å². The number of ether oxygens (including phenoxy) is 1. The van der Waals surface area contributed by atoms with Gasteiger partial charge >= 0.3 is 0 Å². The van der Waals surface area contributed by atoms with E-state index in [0.717, 1.165) is 24.2 Å². The van der Waals surface area contributed by atoms with Crippen molar-refractivity contribution in [3.63, 3.8) is 0 Å². The fraction of sp³-hybridized carbons (Fsp3) is 0.571. The van der Waals surface area contributed by atoms with E-state index < -0.39 is 0 Å². The van der Waals surface area contributed by atoms with E-state index in [1.807, 2.05) is 0 Å². The summed E-state index contributed by atoms with van der Waals surface area (Å²) in [6, 6.07) is 0. The average molecular weight is 303 g/mol. The maximum atomic E-state index is 12.8. The van der Waals surface area contributed by atoms with Crippen molar-refractivity contribution in [2.24, 2.45) is 0 Å². The third-order valence-corrected chi connectivity index (χ3v) is 4.46. The van der Waals surface area contributed by atoms with Gasteiger partial charge in [0.2, 0.25) is 0 Å². The number of likely N-dealkylation sites (tertiary alicyclic amines) is 1. The summed E-state index contributed by atoms with van der Waals surface area (Å²) >= 11 is 0. The Balaban J connectivity index is 1.55. The quantitative estimate of drug-likeness (QED) is 0.902. The van der Waals surface area contributed by atoms with Gasteiger partial charge in [-0.3, -0.25) is 4.79 Å². The van der Waals surface area contributed by atoms with Crippen LogP contribution in [0.25, 0.3) is 0 Å². The molecule has 1 aliphatic heterocycles. The summed E-state index contributed by atoms with van der Waals surface area (Å²) in [7, 11) is 1.65. The highest BCUT2D eigenvalue weighted by Crippen LogP contribution is 2.41. The summed E-state index contributed by atoms with van der Waals surface area (Å²) in [5.74, 6) is 0.359. The van der Waals surface area contributed by atoms with Crippen molar-refractivity contribution >= 4 is 5.91 Å². The lowest BCUT2D eigenvalue weighted by Gasteiger charge is -2.15. The van der Waals surface area contributed by atoms with E-state index in [4.69, 9.17) is 9.26 Å². The number of hydrogen-bond donors (Lipinski definition) is 1. The molecule has 0 aromatic carbocycles. The summed E-state index contributed by atoms with van der Waals surface area (Å²) in [5, 5.41) is 14.6. The molecule has 8 nitrogen and oxygen atoms in total. The molecule has 1 N–H and O–H groups in total. The lowest BCUT2D eigenvalue weighted by molar-refractivity contribution is 0.0713. The maximum Gasteiger partial charge on any atom is 0.259 e. The van der Waals surface area contributed by atoms with Crippen LogP contribution in [-0.2, 0) is 4.74 Å². The van der Waals surface area contributed by atoms with Crippen LogP contribution in [0.15, 0.2) is 17.0 Å². The van der Waals surface area contributed by atoms with Crippen LogP contribution < -0.4 is 0 Å². The number of aromatic amines is 1. The van der Waals surface area contributed by atoms with Gasteiger partial charge in [-0.2, -0.15) is 15.4 Å². The van der Waals surface area contributed by atoms with Crippen LogP contribution >= 0.6 is 0 Å². The van der Waals surface area contributed by atoms with E-state index in [1.54, 1.807) is 18.2 Å². The lowest BCUT2D eigenvalue weighted by atomic mass is 10.0. The highest BCUT2D eigenvalue weighted by atomic mass is 16.5. The van der Waals surface area contributed by atoms with Crippen LogP contribution in [0, 0.1) is 0 Å². The molecule has 1 aliphatic carbocycles.